The fourth-order valence-electron chi connectivity index (χ4n) is 1.97. The second kappa shape index (κ2) is 7.14. The molecule has 1 atom stereocenters. The minimum absolute atomic E-state index is 0.260. The first-order valence-corrected chi connectivity index (χ1v) is 7.86. The Balaban J connectivity index is 1.95. The summed E-state index contributed by atoms with van der Waals surface area (Å²) in [6, 6.07) is 7.95. The number of thiophene rings is 1. The van der Waals surface area contributed by atoms with E-state index in [1.165, 1.54) is 12.1 Å². The number of nitrogens with one attached hydrogen (secondary N) is 1. The van der Waals surface area contributed by atoms with Crippen LogP contribution in [-0.2, 0) is 17.5 Å². The number of carbonyl (C=O) groups is 1. The lowest BCUT2D eigenvalue weighted by Gasteiger charge is -2.23. The standard InChI is InChI=1S/C16H17F3N2OS/c1-11(21(2)10-14-4-3-9-23-14)15(22)20-13-7-5-12(6-8-13)16(17,18)19/h3-9,11H,10H2,1-2H3,(H,20,22)/t11-/m1/s1. The molecule has 124 valence electrons. The molecule has 0 saturated carbocycles. The topological polar surface area (TPSA) is 32.3 Å². The van der Waals surface area contributed by atoms with E-state index >= 15 is 0 Å². The van der Waals surface area contributed by atoms with E-state index in [-0.39, 0.29) is 5.91 Å². The minimum Gasteiger partial charge on any atom is -0.325 e. The van der Waals surface area contributed by atoms with E-state index in [2.05, 4.69) is 5.32 Å². The Hall–Kier alpha value is -1.86. The van der Waals surface area contributed by atoms with Gasteiger partial charge in [0.05, 0.1) is 11.6 Å². The molecule has 3 nitrogen and oxygen atoms in total. The maximum absolute atomic E-state index is 12.5. The van der Waals surface area contributed by atoms with Crippen LogP contribution in [0.3, 0.4) is 0 Å². The largest absolute Gasteiger partial charge is 0.416 e. The SMILES string of the molecule is C[C@H](C(=O)Nc1ccc(C(F)(F)F)cc1)N(C)Cc1cccs1. The molecule has 23 heavy (non-hydrogen) atoms. The lowest BCUT2D eigenvalue weighted by molar-refractivity contribution is -0.137. The summed E-state index contributed by atoms with van der Waals surface area (Å²) in [5.41, 5.74) is -0.391. The van der Waals surface area contributed by atoms with Gasteiger partial charge >= 0.3 is 6.18 Å². The number of hydrogen-bond acceptors (Lipinski definition) is 3. The molecule has 1 heterocycles. The van der Waals surface area contributed by atoms with Gasteiger partial charge in [0.2, 0.25) is 5.91 Å². The number of likely N-dealkylation sites (N-methyl/N-ethyl adjacent to an activating group) is 1. The first-order chi connectivity index (χ1) is 10.8. The van der Waals surface area contributed by atoms with E-state index in [1.54, 1.807) is 18.3 Å². The highest BCUT2D eigenvalue weighted by Crippen LogP contribution is 2.29. The van der Waals surface area contributed by atoms with E-state index in [0.717, 1.165) is 17.0 Å². The van der Waals surface area contributed by atoms with Crippen LogP contribution in [0.15, 0.2) is 41.8 Å². The van der Waals surface area contributed by atoms with Gasteiger partial charge in [-0.1, -0.05) is 6.07 Å². The van der Waals surface area contributed by atoms with Crippen molar-refractivity contribution in [1.29, 1.82) is 0 Å². The van der Waals surface area contributed by atoms with Crippen LogP contribution in [0.1, 0.15) is 17.4 Å². The molecule has 1 N–H and O–H groups in total. The van der Waals surface area contributed by atoms with Crippen LogP contribution >= 0.6 is 11.3 Å². The number of benzene rings is 1. The Kier molecular flexibility index (Phi) is 5.43. The molecule has 1 amide bonds. The normalized spacial score (nSPS) is 13.1. The molecule has 0 saturated heterocycles. The van der Waals surface area contributed by atoms with Crippen LogP contribution < -0.4 is 5.32 Å². The number of halogens is 3. The van der Waals surface area contributed by atoms with Crippen LogP contribution in [-0.4, -0.2) is 23.9 Å². The number of amides is 1. The molecule has 0 radical (unpaired) electrons. The average molecular weight is 342 g/mol. The van der Waals surface area contributed by atoms with Crippen LogP contribution in [0, 0.1) is 0 Å². The summed E-state index contributed by atoms with van der Waals surface area (Å²) >= 11 is 1.61. The van der Waals surface area contributed by atoms with Gasteiger partial charge < -0.3 is 5.32 Å². The van der Waals surface area contributed by atoms with Crippen molar-refractivity contribution in [3.05, 3.63) is 52.2 Å². The zero-order valence-corrected chi connectivity index (χ0v) is 13.5. The van der Waals surface area contributed by atoms with Crippen LogP contribution in [0.5, 0.6) is 0 Å². The Morgan fingerprint density at radius 2 is 1.91 bits per heavy atom. The van der Waals surface area contributed by atoms with Gasteiger partial charge in [-0.15, -0.1) is 11.3 Å². The Bertz CT molecular complexity index is 638. The molecule has 2 aromatic rings. The predicted octanol–water partition coefficient (Wildman–Crippen LogP) is 4.23. The van der Waals surface area contributed by atoms with Crippen molar-refractivity contribution < 1.29 is 18.0 Å². The second-order valence-electron chi connectivity index (χ2n) is 5.23. The van der Waals surface area contributed by atoms with Crippen molar-refractivity contribution in [2.24, 2.45) is 0 Å². The van der Waals surface area contributed by atoms with Crippen molar-refractivity contribution in [2.75, 3.05) is 12.4 Å². The number of anilines is 1. The van der Waals surface area contributed by atoms with Gasteiger partial charge in [0, 0.05) is 17.1 Å². The van der Waals surface area contributed by atoms with E-state index in [0.29, 0.717) is 12.2 Å². The molecule has 0 unspecified atom stereocenters. The van der Waals surface area contributed by atoms with Crippen molar-refractivity contribution in [3.8, 4) is 0 Å². The number of hydrogen-bond donors (Lipinski definition) is 1. The quantitative estimate of drug-likeness (QED) is 0.882. The fraction of sp³-hybridized carbons (Fsp3) is 0.312. The first kappa shape index (κ1) is 17.5. The molecule has 0 aliphatic rings. The lowest BCUT2D eigenvalue weighted by atomic mass is 10.2. The molecular weight excluding hydrogens is 325 g/mol. The van der Waals surface area contributed by atoms with E-state index < -0.39 is 17.8 Å². The first-order valence-electron chi connectivity index (χ1n) is 6.98. The zero-order chi connectivity index (χ0) is 17.0. The smallest absolute Gasteiger partial charge is 0.325 e. The minimum atomic E-state index is -4.38. The van der Waals surface area contributed by atoms with E-state index in [9.17, 15) is 18.0 Å². The maximum atomic E-state index is 12.5. The van der Waals surface area contributed by atoms with E-state index in [4.69, 9.17) is 0 Å². The van der Waals surface area contributed by atoms with Crippen molar-refractivity contribution >= 4 is 22.9 Å². The molecule has 0 aliphatic carbocycles. The highest BCUT2D eigenvalue weighted by Gasteiger charge is 2.30. The molecule has 0 aliphatic heterocycles. The van der Waals surface area contributed by atoms with Gasteiger partial charge in [-0.05, 0) is 49.7 Å². The molecule has 0 spiro atoms. The summed E-state index contributed by atoms with van der Waals surface area (Å²) in [6.07, 6.45) is -4.38. The third-order valence-electron chi connectivity index (χ3n) is 3.51. The van der Waals surface area contributed by atoms with Gasteiger partial charge in [-0.2, -0.15) is 13.2 Å². The van der Waals surface area contributed by atoms with Gasteiger partial charge in [0.1, 0.15) is 0 Å². The molecule has 0 bridgehead atoms. The summed E-state index contributed by atoms with van der Waals surface area (Å²) in [5.74, 6) is -0.260. The molecule has 7 heteroatoms. The predicted molar refractivity (Wildman–Crippen MR) is 85.3 cm³/mol. The monoisotopic (exact) mass is 342 g/mol. The zero-order valence-electron chi connectivity index (χ0n) is 12.7. The van der Waals surface area contributed by atoms with Crippen LogP contribution in [0.25, 0.3) is 0 Å². The third-order valence-corrected chi connectivity index (χ3v) is 4.37. The second-order valence-corrected chi connectivity index (χ2v) is 6.27. The highest BCUT2D eigenvalue weighted by molar-refractivity contribution is 7.09. The Morgan fingerprint density at radius 1 is 1.26 bits per heavy atom. The van der Waals surface area contributed by atoms with Crippen molar-refractivity contribution in [1.82, 2.24) is 4.90 Å². The number of nitrogens with zero attached hydrogens (tertiary/aromatic N) is 1. The number of carbonyl (C=O) groups excluding carboxylic acids is 1. The Morgan fingerprint density at radius 3 is 2.43 bits per heavy atom. The average Bonchev–Trinajstić information content (AvgIpc) is 2.98. The highest BCUT2D eigenvalue weighted by atomic mass is 32.1. The van der Waals surface area contributed by atoms with Gasteiger partial charge in [0.15, 0.2) is 0 Å². The third kappa shape index (κ3) is 4.80. The van der Waals surface area contributed by atoms with Crippen LogP contribution in [0.4, 0.5) is 18.9 Å². The maximum Gasteiger partial charge on any atom is 0.416 e. The van der Waals surface area contributed by atoms with Gasteiger partial charge in [-0.3, -0.25) is 9.69 Å². The van der Waals surface area contributed by atoms with Crippen molar-refractivity contribution in [3.63, 3.8) is 0 Å². The fourth-order valence-corrected chi connectivity index (χ4v) is 2.74. The number of alkyl halides is 3. The molecule has 1 aromatic carbocycles. The van der Waals surface area contributed by atoms with Gasteiger partial charge in [0.25, 0.3) is 0 Å². The van der Waals surface area contributed by atoms with Crippen molar-refractivity contribution in [2.45, 2.75) is 25.7 Å². The summed E-state index contributed by atoms with van der Waals surface area (Å²) in [4.78, 5) is 15.2. The molecule has 1 aromatic heterocycles. The summed E-state index contributed by atoms with van der Waals surface area (Å²) < 4.78 is 37.5. The lowest BCUT2D eigenvalue weighted by Crippen LogP contribution is -2.39. The molecule has 0 fully saturated rings. The Labute approximate surface area is 136 Å². The molecular formula is C16H17F3N2OS. The summed E-state index contributed by atoms with van der Waals surface area (Å²) in [7, 11) is 1.83. The number of rotatable bonds is 5. The van der Waals surface area contributed by atoms with Crippen LogP contribution in [0.2, 0.25) is 0 Å². The summed E-state index contributed by atoms with van der Waals surface area (Å²) in [6.45, 7) is 2.40. The molecule has 2 rings (SSSR count). The summed E-state index contributed by atoms with van der Waals surface area (Å²) in [5, 5.41) is 4.60. The van der Waals surface area contributed by atoms with E-state index in [1.807, 2.05) is 29.5 Å². The van der Waals surface area contributed by atoms with Gasteiger partial charge in [-0.25, -0.2) is 0 Å².